The molecular weight excluding hydrogens is 494 g/mol. The summed E-state index contributed by atoms with van der Waals surface area (Å²) in [5.41, 5.74) is 18.1. The average molecular weight is 524 g/mol. The molecule has 0 radical (unpaired) electrons. The number of aromatic nitrogens is 1. The number of H-pyrrole nitrogens is 1. The summed E-state index contributed by atoms with van der Waals surface area (Å²) in [4.78, 5) is 39.8. The summed E-state index contributed by atoms with van der Waals surface area (Å²) in [5, 5.41) is 3.28. The van der Waals surface area contributed by atoms with Crippen LogP contribution >= 0.6 is 0 Å². The van der Waals surface area contributed by atoms with Crippen molar-refractivity contribution in [1.29, 1.82) is 0 Å². The fourth-order valence-corrected chi connectivity index (χ4v) is 4.67. The monoisotopic (exact) mass is 523 g/mol. The number of primary amides is 1. The zero-order chi connectivity index (χ0) is 27.4. The molecule has 0 saturated carbocycles. The molecule has 6 N–H and O–H groups in total. The quantitative estimate of drug-likeness (QED) is 0.318. The van der Waals surface area contributed by atoms with Crippen LogP contribution in [0.5, 0.6) is 0 Å². The lowest BCUT2D eigenvalue weighted by molar-refractivity contribution is -0.117. The Bertz CT molecular complexity index is 1570. The molecular formula is C30H29N5O4. The highest BCUT2D eigenvalue weighted by atomic mass is 16.5. The number of rotatable bonds is 5. The van der Waals surface area contributed by atoms with E-state index in [0.29, 0.717) is 49.5 Å². The van der Waals surface area contributed by atoms with E-state index in [2.05, 4.69) is 10.3 Å². The third-order valence-electron chi connectivity index (χ3n) is 6.79. The Hall–Kier alpha value is -4.73. The molecule has 39 heavy (non-hydrogen) atoms. The Balaban J connectivity index is 0.000000555. The zero-order valence-electron chi connectivity index (χ0n) is 21.3. The topological polar surface area (TPSA) is 144 Å². The number of nitrogens with zero attached hydrogens (tertiary/aromatic N) is 1. The van der Waals surface area contributed by atoms with Gasteiger partial charge < -0.3 is 31.4 Å². The van der Waals surface area contributed by atoms with Crippen molar-refractivity contribution in [1.82, 2.24) is 15.2 Å². The number of benzene rings is 3. The van der Waals surface area contributed by atoms with Gasteiger partial charge in [0.1, 0.15) is 0 Å². The molecule has 2 aliphatic heterocycles. The number of morpholine rings is 1. The lowest BCUT2D eigenvalue weighted by Gasteiger charge is -2.26. The number of hydrogen-bond donors (Lipinski definition) is 4. The normalized spacial score (nSPS) is 14.3. The van der Waals surface area contributed by atoms with E-state index in [-0.39, 0.29) is 11.8 Å². The molecule has 0 unspecified atom stereocenters. The lowest BCUT2D eigenvalue weighted by atomic mass is 9.95. The molecule has 9 nitrogen and oxygen atoms in total. The maximum absolute atomic E-state index is 12.8. The summed E-state index contributed by atoms with van der Waals surface area (Å²) in [5.74, 6) is -0.489. The molecule has 0 bridgehead atoms. The van der Waals surface area contributed by atoms with Gasteiger partial charge in [-0.25, -0.2) is 0 Å². The van der Waals surface area contributed by atoms with Crippen LogP contribution in [0.4, 0.5) is 0 Å². The van der Waals surface area contributed by atoms with Gasteiger partial charge in [-0.05, 0) is 46.5 Å². The number of nitrogens with two attached hydrogens (primary N) is 2. The van der Waals surface area contributed by atoms with Crippen LogP contribution in [0.15, 0.2) is 79.0 Å². The molecule has 9 heteroatoms. The van der Waals surface area contributed by atoms with Gasteiger partial charge in [0.05, 0.1) is 24.3 Å². The van der Waals surface area contributed by atoms with E-state index in [1.807, 2.05) is 65.6 Å². The van der Waals surface area contributed by atoms with Gasteiger partial charge in [-0.2, -0.15) is 0 Å². The van der Waals surface area contributed by atoms with Crippen molar-refractivity contribution >= 4 is 28.6 Å². The van der Waals surface area contributed by atoms with E-state index < -0.39 is 5.91 Å². The number of hydrogen-bond acceptors (Lipinski definition) is 5. The van der Waals surface area contributed by atoms with E-state index in [1.54, 1.807) is 12.3 Å². The van der Waals surface area contributed by atoms with Gasteiger partial charge in [-0.3, -0.25) is 14.4 Å². The van der Waals surface area contributed by atoms with E-state index in [0.717, 1.165) is 33.3 Å². The minimum absolute atomic E-state index is 0.00295. The molecule has 1 aromatic heterocycles. The fourth-order valence-electron chi connectivity index (χ4n) is 4.67. The molecule has 1 saturated heterocycles. The first-order chi connectivity index (χ1) is 19.0. The van der Waals surface area contributed by atoms with Crippen LogP contribution < -0.4 is 16.8 Å². The summed E-state index contributed by atoms with van der Waals surface area (Å²) >= 11 is 0. The van der Waals surface area contributed by atoms with Crippen molar-refractivity contribution in [3.63, 3.8) is 0 Å². The minimum atomic E-state index is -0.497. The first-order valence-electron chi connectivity index (χ1n) is 12.6. The predicted molar refractivity (Wildman–Crippen MR) is 150 cm³/mol. The van der Waals surface area contributed by atoms with Crippen LogP contribution in [0.2, 0.25) is 0 Å². The molecule has 198 valence electrons. The summed E-state index contributed by atoms with van der Waals surface area (Å²) in [7, 11) is 0. The fraction of sp³-hybridized carbons (Fsp3) is 0.167. The largest absolute Gasteiger partial charge is 0.378 e. The van der Waals surface area contributed by atoms with E-state index >= 15 is 0 Å². The van der Waals surface area contributed by atoms with E-state index in [1.165, 1.54) is 6.08 Å². The van der Waals surface area contributed by atoms with Crippen LogP contribution in [0, 0.1) is 0 Å². The smallest absolute Gasteiger partial charge is 0.254 e. The van der Waals surface area contributed by atoms with Crippen molar-refractivity contribution in [3.05, 3.63) is 95.7 Å². The summed E-state index contributed by atoms with van der Waals surface area (Å²) < 4.78 is 5.34. The Morgan fingerprint density at radius 3 is 2.26 bits per heavy atom. The molecule has 2 aliphatic rings. The summed E-state index contributed by atoms with van der Waals surface area (Å²) in [6, 6.07) is 21.1. The SMILES string of the molecule is NCc1ccccc1-c1ccc(C(N)=O)c2[nH]c(-c3ccc(C(=O)N4CCOCC4)cc3)cc12.O=C1C=CN1. The Morgan fingerprint density at radius 1 is 0.949 bits per heavy atom. The number of amides is 3. The van der Waals surface area contributed by atoms with Gasteiger partial charge in [0, 0.05) is 48.6 Å². The number of carbonyl (C=O) groups is 3. The van der Waals surface area contributed by atoms with Crippen LogP contribution in [0.3, 0.4) is 0 Å². The molecule has 3 aromatic carbocycles. The van der Waals surface area contributed by atoms with Crippen LogP contribution in [-0.2, 0) is 16.1 Å². The van der Waals surface area contributed by atoms with E-state index in [9.17, 15) is 14.4 Å². The van der Waals surface area contributed by atoms with Crippen molar-refractivity contribution < 1.29 is 19.1 Å². The molecule has 6 rings (SSSR count). The highest BCUT2D eigenvalue weighted by molar-refractivity contribution is 6.10. The zero-order valence-corrected chi connectivity index (χ0v) is 21.3. The first kappa shape index (κ1) is 25.9. The molecule has 4 aromatic rings. The van der Waals surface area contributed by atoms with Gasteiger partial charge in [0.2, 0.25) is 5.91 Å². The lowest BCUT2D eigenvalue weighted by Crippen LogP contribution is -2.40. The number of aromatic amines is 1. The number of ether oxygens (including phenoxy) is 1. The third kappa shape index (κ3) is 5.45. The highest BCUT2D eigenvalue weighted by Crippen LogP contribution is 2.35. The highest BCUT2D eigenvalue weighted by Gasteiger charge is 2.19. The number of nitrogens with one attached hydrogen (secondary N) is 2. The van der Waals surface area contributed by atoms with Crippen molar-refractivity contribution in [2.45, 2.75) is 6.54 Å². The van der Waals surface area contributed by atoms with Gasteiger partial charge in [-0.1, -0.05) is 42.5 Å². The van der Waals surface area contributed by atoms with Crippen LogP contribution in [0.25, 0.3) is 33.3 Å². The predicted octanol–water partition coefficient (Wildman–Crippen LogP) is 3.16. The number of carbonyl (C=O) groups excluding carboxylic acids is 3. The maximum Gasteiger partial charge on any atom is 0.254 e. The van der Waals surface area contributed by atoms with Crippen LogP contribution in [-0.4, -0.2) is 53.9 Å². The summed E-state index contributed by atoms with van der Waals surface area (Å²) in [6.07, 6.45) is 3.07. The van der Waals surface area contributed by atoms with Gasteiger partial charge in [0.25, 0.3) is 11.8 Å². The van der Waals surface area contributed by atoms with Crippen molar-refractivity contribution in [3.8, 4) is 22.4 Å². The maximum atomic E-state index is 12.8. The molecule has 0 aliphatic carbocycles. The number of fused-ring (bicyclic) bond motifs is 1. The molecule has 0 atom stereocenters. The van der Waals surface area contributed by atoms with E-state index in [4.69, 9.17) is 16.2 Å². The van der Waals surface area contributed by atoms with Crippen LogP contribution in [0.1, 0.15) is 26.3 Å². The Labute approximate surface area is 225 Å². The Morgan fingerprint density at radius 2 is 1.64 bits per heavy atom. The second kappa shape index (κ2) is 11.3. The minimum Gasteiger partial charge on any atom is -0.378 e. The molecule has 0 spiro atoms. The molecule has 3 amide bonds. The molecule has 1 fully saturated rings. The van der Waals surface area contributed by atoms with Gasteiger partial charge in [-0.15, -0.1) is 0 Å². The second-order valence-electron chi connectivity index (χ2n) is 9.18. The van der Waals surface area contributed by atoms with Gasteiger partial charge in [0.15, 0.2) is 0 Å². The molecule has 3 heterocycles. The van der Waals surface area contributed by atoms with Crippen molar-refractivity contribution in [2.75, 3.05) is 26.3 Å². The van der Waals surface area contributed by atoms with Gasteiger partial charge >= 0.3 is 0 Å². The Kier molecular flexibility index (Phi) is 7.53. The second-order valence-corrected chi connectivity index (χ2v) is 9.18. The van der Waals surface area contributed by atoms with Crippen molar-refractivity contribution in [2.24, 2.45) is 11.5 Å². The first-order valence-corrected chi connectivity index (χ1v) is 12.6. The summed E-state index contributed by atoms with van der Waals surface area (Å²) in [6.45, 7) is 2.75. The third-order valence-corrected chi connectivity index (χ3v) is 6.79. The standard InChI is InChI=1S/C27H26N4O3.C3H3NO/c28-16-19-3-1-2-4-20(19)21-9-10-22(26(29)32)25-23(21)15-24(30-25)17-5-7-18(8-6-17)27(33)31-11-13-34-14-12-31;5-3-1-2-4-3/h1-10,15,30H,11-14,16,28H2,(H2,29,32);1-2H,(H,4,5). The average Bonchev–Trinajstić information content (AvgIpc) is 3.41.